The second-order valence-electron chi connectivity index (χ2n) is 17.1. The fraction of sp³-hybridized carbons (Fsp3) is 0.709. The Hall–Kier alpha value is -2.81. The lowest BCUT2D eigenvalue weighted by molar-refractivity contribution is -0.146. The van der Waals surface area contributed by atoms with Crippen LogP contribution in [0.5, 0.6) is 0 Å². The van der Waals surface area contributed by atoms with E-state index in [1.54, 1.807) is 6.08 Å². The fourth-order valence-corrected chi connectivity index (χ4v) is 7.75. The second kappa shape index (κ2) is 50.6. The molecule has 0 rings (SSSR count). The molecule has 0 aliphatic heterocycles. The van der Waals surface area contributed by atoms with Crippen LogP contribution in [0.1, 0.15) is 219 Å². The summed E-state index contributed by atoms with van der Waals surface area (Å²) in [6.45, 7) is 3.35. The molecule has 0 fully saturated rings. The molecule has 9 nitrogen and oxygen atoms in total. The largest absolute Gasteiger partial charge is 0.472 e. The van der Waals surface area contributed by atoms with E-state index in [2.05, 4.69) is 86.0 Å². The molecular weight excluding hydrogens is 834 g/mol. The molecule has 1 amide bonds. The van der Waals surface area contributed by atoms with Crippen molar-refractivity contribution in [2.24, 2.45) is 0 Å². The molecule has 10 heteroatoms. The van der Waals surface area contributed by atoms with Crippen LogP contribution in [-0.4, -0.2) is 54.3 Å². The minimum Gasteiger partial charge on any atom is -0.463 e. The summed E-state index contributed by atoms with van der Waals surface area (Å²) in [4.78, 5) is 34.0. The molecule has 0 spiro atoms. The molecule has 0 aliphatic rings. The number of allylic oxidation sites excluding steroid dienone is 13. The van der Waals surface area contributed by atoms with Crippen LogP contribution in [0.3, 0.4) is 0 Å². The SMILES string of the molecule is CC/C=C\C/C=C\C/C=C\C/C=C\C/C=C\C/C=C\C/C=C\CC(=O)OCC(O)COP(=O)(O)OCCNC(=O)CCCCCCCCCCCCCCCCCCCCCCCCC. The molecule has 2 unspecified atom stereocenters. The van der Waals surface area contributed by atoms with E-state index in [4.69, 9.17) is 13.8 Å². The Bertz CT molecular complexity index is 1340. The van der Waals surface area contributed by atoms with E-state index < -0.39 is 26.5 Å². The van der Waals surface area contributed by atoms with E-state index in [1.165, 1.54) is 128 Å². The van der Waals surface area contributed by atoms with Gasteiger partial charge in [-0.15, -0.1) is 0 Å². The number of hydrogen-bond donors (Lipinski definition) is 3. The Morgan fingerprint density at radius 2 is 0.846 bits per heavy atom. The summed E-state index contributed by atoms with van der Waals surface area (Å²) in [5, 5.41) is 12.7. The highest BCUT2D eigenvalue weighted by Crippen LogP contribution is 2.42. The Kier molecular flexibility index (Phi) is 48.4. The topological polar surface area (TPSA) is 131 Å². The maximum atomic E-state index is 12.1. The number of hydrogen-bond acceptors (Lipinski definition) is 7. The van der Waals surface area contributed by atoms with Crippen LogP contribution in [0.25, 0.3) is 0 Å². The molecule has 0 radical (unpaired) electrons. The molecule has 0 aromatic carbocycles. The molecule has 3 N–H and O–H groups in total. The van der Waals surface area contributed by atoms with Gasteiger partial charge in [-0.25, -0.2) is 4.57 Å². The van der Waals surface area contributed by atoms with Crippen molar-refractivity contribution in [1.29, 1.82) is 0 Å². The van der Waals surface area contributed by atoms with Crippen LogP contribution >= 0.6 is 7.82 Å². The van der Waals surface area contributed by atoms with Crippen molar-refractivity contribution in [2.45, 2.75) is 225 Å². The van der Waals surface area contributed by atoms with Gasteiger partial charge < -0.3 is 20.1 Å². The quantitative estimate of drug-likeness (QED) is 0.0238. The maximum Gasteiger partial charge on any atom is 0.472 e. The van der Waals surface area contributed by atoms with Crippen LogP contribution < -0.4 is 5.32 Å². The lowest BCUT2D eigenvalue weighted by Crippen LogP contribution is -2.27. The molecule has 0 saturated carbocycles. The number of carbonyl (C=O) groups is 2. The first kappa shape index (κ1) is 62.2. The summed E-state index contributed by atoms with van der Waals surface area (Å²) in [6, 6.07) is 0. The van der Waals surface area contributed by atoms with Crippen molar-refractivity contribution in [3.8, 4) is 0 Å². The average molecular weight is 930 g/mol. The molecule has 0 saturated heterocycles. The number of aliphatic hydroxyl groups is 1. The second-order valence-corrected chi connectivity index (χ2v) is 18.6. The first-order valence-electron chi connectivity index (χ1n) is 26.1. The van der Waals surface area contributed by atoms with Gasteiger partial charge in [0.2, 0.25) is 5.91 Å². The predicted molar refractivity (Wildman–Crippen MR) is 275 cm³/mol. The van der Waals surface area contributed by atoms with Crippen molar-refractivity contribution in [2.75, 3.05) is 26.4 Å². The number of amides is 1. The van der Waals surface area contributed by atoms with E-state index in [1.807, 2.05) is 12.2 Å². The molecular formula is C55H96NO8P. The number of rotatable bonds is 48. The van der Waals surface area contributed by atoms with E-state index >= 15 is 0 Å². The summed E-state index contributed by atoms with van der Waals surface area (Å²) in [7, 11) is -4.45. The molecule has 65 heavy (non-hydrogen) atoms. The monoisotopic (exact) mass is 930 g/mol. The highest BCUT2D eigenvalue weighted by Gasteiger charge is 2.23. The van der Waals surface area contributed by atoms with Crippen molar-refractivity contribution in [3.05, 3.63) is 85.1 Å². The van der Waals surface area contributed by atoms with Gasteiger partial charge in [-0.3, -0.25) is 18.6 Å². The zero-order valence-corrected chi connectivity index (χ0v) is 42.3. The van der Waals surface area contributed by atoms with Crippen molar-refractivity contribution in [1.82, 2.24) is 5.32 Å². The van der Waals surface area contributed by atoms with E-state index in [0.29, 0.717) is 12.8 Å². The van der Waals surface area contributed by atoms with Gasteiger partial charge >= 0.3 is 13.8 Å². The van der Waals surface area contributed by atoms with E-state index in [9.17, 15) is 24.2 Å². The molecule has 0 bridgehead atoms. The number of nitrogens with one attached hydrogen (secondary N) is 1. The summed E-state index contributed by atoms with van der Waals surface area (Å²) in [6.07, 6.45) is 65.6. The molecule has 0 aliphatic carbocycles. The predicted octanol–water partition coefficient (Wildman–Crippen LogP) is 15.6. The van der Waals surface area contributed by atoms with Gasteiger partial charge in [0.25, 0.3) is 0 Å². The van der Waals surface area contributed by atoms with Crippen LogP contribution in [0, 0.1) is 0 Å². The summed E-state index contributed by atoms with van der Waals surface area (Å²) in [5.74, 6) is -0.648. The van der Waals surface area contributed by atoms with Crippen molar-refractivity contribution < 1.29 is 37.9 Å². The Morgan fingerprint density at radius 3 is 1.23 bits per heavy atom. The third kappa shape index (κ3) is 52.0. The van der Waals surface area contributed by atoms with E-state index in [-0.39, 0.29) is 32.1 Å². The van der Waals surface area contributed by atoms with Gasteiger partial charge in [-0.1, -0.05) is 240 Å². The number of aliphatic hydroxyl groups excluding tert-OH is 1. The van der Waals surface area contributed by atoms with Crippen LogP contribution in [0.2, 0.25) is 0 Å². The highest BCUT2D eigenvalue weighted by atomic mass is 31.2. The number of phosphoric acid groups is 1. The first-order chi connectivity index (χ1) is 31.8. The van der Waals surface area contributed by atoms with Gasteiger partial charge in [0.1, 0.15) is 12.7 Å². The standard InChI is InChI=1S/C55H96NO8P/c1-3-5-7-9-11-13-15-17-19-21-23-25-26-28-29-31-33-35-37-39-41-43-45-47-54(58)56-49-50-63-65(60,61)64-52-53(57)51-62-55(59)48-46-44-42-40-38-36-34-32-30-27-24-22-20-18-16-14-12-10-8-6-4-2/h6,8,12,14,18,20,24,27,32,34,38,40,44,46,53,57H,3-5,7,9-11,13,15-17,19,21-23,25-26,28-31,33,35-37,39,41-43,45,47-52H2,1-2H3,(H,56,58)(H,60,61)/b8-6-,14-12-,20-18-,27-24-,34-32-,40-38-,46-44-. The lowest BCUT2D eigenvalue weighted by Gasteiger charge is -2.15. The fourth-order valence-electron chi connectivity index (χ4n) is 7.00. The smallest absolute Gasteiger partial charge is 0.463 e. The lowest BCUT2D eigenvalue weighted by atomic mass is 10.0. The Balaban J connectivity index is 3.65. The third-order valence-corrected chi connectivity index (χ3v) is 11.9. The number of unbranched alkanes of at least 4 members (excludes halogenated alkanes) is 22. The summed E-state index contributed by atoms with van der Waals surface area (Å²) < 4.78 is 26.9. The molecule has 0 aromatic heterocycles. The third-order valence-electron chi connectivity index (χ3n) is 10.9. The molecule has 374 valence electrons. The Morgan fingerprint density at radius 1 is 0.492 bits per heavy atom. The van der Waals surface area contributed by atoms with Gasteiger partial charge in [-0.2, -0.15) is 0 Å². The highest BCUT2D eigenvalue weighted by molar-refractivity contribution is 7.47. The van der Waals surface area contributed by atoms with E-state index in [0.717, 1.165) is 57.8 Å². The molecule has 0 heterocycles. The average Bonchev–Trinajstić information content (AvgIpc) is 3.29. The molecule has 2 atom stereocenters. The summed E-state index contributed by atoms with van der Waals surface area (Å²) >= 11 is 0. The summed E-state index contributed by atoms with van der Waals surface area (Å²) in [5.41, 5.74) is 0. The number of ether oxygens (including phenoxy) is 1. The minimum absolute atomic E-state index is 0.0448. The zero-order chi connectivity index (χ0) is 47.4. The van der Waals surface area contributed by atoms with Gasteiger partial charge in [0, 0.05) is 13.0 Å². The normalized spacial score (nSPS) is 13.8. The number of phosphoric ester groups is 1. The van der Waals surface area contributed by atoms with Gasteiger partial charge in [-0.05, 0) is 51.4 Å². The van der Waals surface area contributed by atoms with Crippen molar-refractivity contribution in [3.63, 3.8) is 0 Å². The van der Waals surface area contributed by atoms with Crippen LogP contribution in [0.15, 0.2) is 85.1 Å². The Labute approximate surface area is 398 Å². The minimum atomic E-state index is -4.45. The molecule has 0 aromatic rings. The van der Waals surface area contributed by atoms with Crippen molar-refractivity contribution >= 4 is 19.7 Å². The van der Waals surface area contributed by atoms with Crippen LogP contribution in [-0.2, 0) is 27.9 Å². The van der Waals surface area contributed by atoms with Gasteiger partial charge in [0.15, 0.2) is 0 Å². The van der Waals surface area contributed by atoms with Crippen LogP contribution in [0.4, 0.5) is 0 Å². The van der Waals surface area contributed by atoms with Gasteiger partial charge in [0.05, 0.1) is 19.6 Å². The number of esters is 1. The first-order valence-corrected chi connectivity index (χ1v) is 27.6. The zero-order valence-electron chi connectivity index (χ0n) is 41.4. The maximum absolute atomic E-state index is 12.1. The number of carbonyl (C=O) groups excluding carboxylic acids is 2.